The molecule has 0 aromatic carbocycles. The molecule has 2 unspecified atom stereocenters. The maximum Gasteiger partial charge on any atom is 0.109 e. The van der Waals surface area contributed by atoms with Gasteiger partial charge in [-0.15, -0.1) is 0 Å². The van der Waals surface area contributed by atoms with Gasteiger partial charge in [0.1, 0.15) is 6.34 Å². The van der Waals surface area contributed by atoms with Crippen molar-refractivity contribution in [3.05, 3.63) is 0 Å². The van der Waals surface area contributed by atoms with E-state index >= 15 is 0 Å². The average Bonchev–Trinajstić information content (AvgIpc) is 2.05. The predicted molar refractivity (Wildman–Crippen MR) is 41.7 cm³/mol. The van der Waals surface area contributed by atoms with E-state index in [1.54, 1.807) is 6.34 Å². The molecule has 2 atom stereocenters. The lowest BCUT2D eigenvalue weighted by Crippen LogP contribution is -2.41. The Morgan fingerprint density at radius 2 is 2.50 bits per heavy atom. The Balaban J connectivity index is 2.09. The van der Waals surface area contributed by atoms with E-state index in [1.807, 2.05) is 6.21 Å². The van der Waals surface area contributed by atoms with Crippen LogP contribution in [0.4, 0.5) is 0 Å². The molecule has 0 aromatic heterocycles. The molecule has 1 N–H and O–H groups in total. The molecule has 2 aliphatic heterocycles. The van der Waals surface area contributed by atoms with Gasteiger partial charge < -0.3 is 5.32 Å². The minimum atomic E-state index is 0.464. The van der Waals surface area contributed by atoms with E-state index in [0.717, 1.165) is 13.1 Å². The lowest BCUT2D eigenvalue weighted by molar-refractivity contribution is 0.403. The van der Waals surface area contributed by atoms with Crippen molar-refractivity contribution < 1.29 is 0 Å². The summed E-state index contributed by atoms with van der Waals surface area (Å²) >= 11 is 0. The molecule has 3 heteroatoms. The van der Waals surface area contributed by atoms with Crippen molar-refractivity contribution in [1.82, 2.24) is 5.32 Å². The first kappa shape index (κ1) is 6.04. The number of nitrogens with zero attached hydrogens (tertiary/aromatic N) is 2. The maximum atomic E-state index is 4.27. The van der Waals surface area contributed by atoms with Crippen molar-refractivity contribution in [2.24, 2.45) is 15.9 Å². The molecule has 1 saturated heterocycles. The summed E-state index contributed by atoms with van der Waals surface area (Å²) in [5.41, 5.74) is 0. The molecule has 0 aliphatic carbocycles. The van der Waals surface area contributed by atoms with Crippen LogP contribution < -0.4 is 5.32 Å². The highest BCUT2D eigenvalue weighted by Gasteiger charge is 2.23. The van der Waals surface area contributed by atoms with Crippen molar-refractivity contribution in [2.75, 3.05) is 13.1 Å². The maximum absolute atomic E-state index is 4.27. The molecular weight excluding hydrogens is 126 g/mol. The zero-order valence-corrected chi connectivity index (χ0v) is 5.83. The number of hydrogen-bond acceptors (Lipinski definition) is 3. The minimum Gasteiger partial charge on any atom is -0.315 e. The smallest absolute Gasteiger partial charge is 0.109 e. The molecule has 0 bridgehead atoms. The van der Waals surface area contributed by atoms with Crippen molar-refractivity contribution in [3.8, 4) is 0 Å². The third-order valence-corrected chi connectivity index (χ3v) is 2.10. The van der Waals surface area contributed by atoms with Gasteiger partial charge >= 0.3 is 0 Å². The molecule has 2 rings (SSSR count). The lowest BCUT2D eigenvalue weighted by Gasteiger charge is -2.27. The summed E-state index contributed by atoms with van der Waals surface area (Å²) in [6, 6.07) is 0.464. The SMILES string of the molecule is C1=NC=NC2CNCCC12. The number of rotatable bonds is 0. The third-order valence-electron chi connectivity index (χ3n) is 2.10. The molecule has 2 heterocycles. The molecule has 0 saturated carbocycles. The second-order valence-corrected chi connectivity index (χ2v) is 2.79. The molecule has 0 amide bonds. The van der Waals surface area contributed by atoms with Gasteiger partial charge in [0.05, 0.1) is 6.04 Å². The summed E-state index contributed by atoms with van der Waals surface area (Å²) in [6.07, 6.45) is 4.87. The number of aliphatic imine (C=N–C) groups is 2. The quantitative estimate of drug-likeness (QED) is 0.504. The topological polar surface area (TPSA) is 36.8 Å². The molecule has 1 fully saturated rings. The highest BCUT2D eigenvalue weighted by Crippen LogP contribution is 2.15. The van der Waals surface area contributed by atoms with Gasteiger partial charge in [-0.25, -0.2) is 4.99 Å². The molecular formula is C7H11N3. The summed E-state index contributed by atoms with van der Waals surface area (Å²) in [5.74, 6) is 0.603. The van der Waals surface area contributed by atoms with Crippen LogP contribution in [-0.4, -0.2) is 31.7 Å². The highest BCUT2D eigenvalue weighted by molar-refractivity contribution is 5.77. The largest absolute Gasteiger partial charge is 0.315 e. The fourth-order valence-corrected chi connectivity index (χ4v) is 1.47. The van der Waals surface area contributed by atoms with E-state index < -0.39 is 0 Å². The standard InChI is InChI=1S/C7H11N3/c1-2-8-4-7-6(1)3-9-5-10-7/h3,5-8H,1-2,4H2. The summed E-state index contributed by atoms with van der Waals surface area (Å²) < 4.78 is 0. The molecule has 2 aliphatic rings. The zero-order chi connectivity index (χ0) is 6.81. The van der Waals surface area contributed by atoms with E-state index in [-0.39, 0.29) is 0 Å². The Kier molecular flexibility index (Phi) is 1.51. The summed E-state index contributed by atoms with van der Waals surface area (Å²) in [7, 11) is 0. The van der Waals surface area contributed by atoms with Gasteiger partial charge in [0.15, 0.2) is 0 Å². The monoisotopic (exact) mass is 137 g/mol. The van der Waals surface area contributed by atoms with Crippen LogP contribution >= 0.6 is 0 Å². The molecule has 0 radical (unpaired) electrons. The van der Waals surface area contributed by atoms with Gasteiger partial charge in [-0.2, -0.15) is 0 Å². The Hall–Kier alpha value is -0.700. The third kappa shape index (κ3) is 0.968. The fraction of sp³-hybridized carbons (Fsp3) is 0.714. The molecule has 54 valence electrons. The van der Waals surface area contributed by atoms with Crippen molar-refractivity contribution in [2.45, 2.75) is 12.5 Å². The van der Waals surface area contributed by atoms with Gasteiger partial charge in [0.2, 0.25) is 0 Å². The van der Waals surface area contributed by atoms with Crippen molar-refractivity contribution >= 4 is 12.6 Å². The van der Waals surface area contributed by atoms with E-state index in [1.165, 1.54) is 6.42 Å². The van der Waals surface area contributed by atoms with Crippen LogP contribution in [0.3, 0.4) is 0 Å². The van der Waals surface area contributed by atoms with E-state index in [4.69, 9.17) is 0 Å². The summed E-state index contributed by atoms with van der Waals surface area (Å²) in [6.45, 7) is 2.13. The Morgan fingerprint density at radius 3 is 3.40 bits per heavy atom. The van der Waals surface area contributed by atoms with Crippen molar-refractivity contribution in [3.63, 3.8) is 0 Å². The first-order valence-electron chi connectivity index (χ1n) is 3.72. The Bertz CT molecular complexity index is 154. The van der Waals surface area contributed by atoms with E-state index in [0.29, 0.717) is 12.0 Å². The van der Waals surface area contributed by atoms with Gasteiger partial charge in [0, 0.05) is 18.7 Å². The van der Waals surface area contributed by atoms with Gasteiger partial charge in [-0.3, -0.25) is 4.99 Å². The fourth-order valence-electron chi connectivity index (χ4n) is 1.47. The lowest BCUT2D eigenvalue weighted by atomic mass is 9.94. The number of hydrogen-bond donors (Lipinski definition) is 1. The summed E-state index contributed by atoms with van der Waals surface area (Å²) in [4.78, 5) is 8.28. The van der Waals surface area contributed by atoms with Gasteiger partial charge in [0.25, 0.3) is 0 Å². The molecule has 3 nitrogen and oxygen atoms in total. The van der Waals surface area contributed by atoms with Crippen LogP contribution in [0.25, 0.3) is 0 Å². The predicted octanol–water partition coefficient (Wildman–Crippen LogP) is 0.0772. The van der Waals surface area contributed by atoms with Gasteiger partial charge in [-0.1, -0.05) is 0 Å². The van der Waals surface area contributed by atoms with Crippen LogP contribution in [0.1, 0.15) is 6.42 Å². The first-order valence-corrected chi connectivity index (χ1v) is 3.72. The molecule has 0 aromatic rings. The Labute approximate surface area is 60.3 Å². The first-order chi connectivity index (χ1) is 4.97. The highest BCUT2D eigenvalue weighted by atomic mass is 15.0. The minimum absolute atomic E-state index is 0.464. The second-order valence-electron chi connectivity index (χ2n) is 2.79. The normalized spacial score (nSPS) is 37.6. The molecule has 10 heavy (non-hydrogen) atoms. The average molecular weight is 137 g/mol. The summed E-state index contributed by atoms with van der Waals surface area (Å²) in [5, 5.41) is 3.31. The van der Waals surface area contributed by atoms with Crippen LogP contribution in [0.5, 0.6) is 0 Å². The van der Waals surface area contributed by atoms with Crippen molar-refractivity contribution in [1.29, 1.82) is 0 Å². The van der Waals surface area contributed by atoms with Crippen LogP contribution in [0, 0.1) is 5.92 Å². The zero-order valence-electron chi connectivity index (χ0n) is 5.83. The van der Waals surface area contributed by atoms with Gasteiger partial charge in [-0.05, 0) is 13.0 Å². The van der Waals surface area contributed by atoms with Crippen LogP contribution in [0.2, 0.25) is 0 Å². The second kappa shape index (κ2) is 2.50. The van der Waals surface area contributed by atoms with E-state index in [2.05, 4.69) is 15.3 Å². The number of nitrogens with one attached hydrogen (secondary N) is 1. The number of fused-ring (bicyclic) bond motifs is 1. The molecule has 0 spiro atoms. The van der Waals surface area contributed by atoms with Crippen LogP contribution in [-0.2, 0) is 0 Å². The van der Waals surface area contributed by atoms with Crippen LogP contribution in [0.15, 0.2) is 9.98 Å². The number of piperidine rings is 1. The van der Waals surface area contributed by atoms with E-state index in [9.17, 15) is 0 Å². The Morgan fingerprint density at radius 1 is 1.50 bits per heavy atom.